The second kappa shape index (κ2) is 13.7. The van der Waals surface area contributed by atoms with Crippen molar-refractivity contribution < 1.29 is 13.9 Å². The summed E-state index contributed by atoms with van der Waals surface area (Å²) in [6.45, 7) is 0. The number of nitrogens with zero attached hydrogens (tertiary/aromatic N) is 1. The molecule has 0 unspecified atom stereocenters. The molecule has 0 amide bonds. The summed E-state index contributed by atoms with van der Waals surface area (Å²) < 4.78 is 20.2. The van der Waals surface area contributed by atoms with E-state index in [1.165, 1.54) is 38.9 Å². The summed E-state index contributed by atoms with van der Waals surface area (Å²) in [5.74, 6) is 2.78. The lowest BCUT2D eigenvalue weighted by molar-refractivity contribution is 0.360. The lowest BCUT2D eigenvalue weighted by Gasteiger charge is -2.31. The first kappa shape index (κ1) is 35.9. The van der Waals surface area contributed by atoms with E-state index in [-0.39, 0.29) is 0 Å². The number of ether oxygens (including phenoxy) is 2. The zero-order chi connectivity index (χ0) is 42.6. The molecule has 3 aliphatic rings. The van der Waals surface area contributed by atoms with Crippen LogP contribution in [-0.2, 0) is 5.41 Å². The number of hydrogen-bond donors (Lipinski definition) is 0. The Morgan fingerprint density at radius 2 is 0.892 bits per heavy atom. The fourth-order valence-electron chi connectivity index (χ4n) is 11.0. The van der Waals surface area contributed by atoms with Crippen molar-refractivity contribution in [3.05, 3.63) is 247 Å². The molecule has 1 aliphatic heterocycles. The minimum absolute atomic E-state index is 0.472. The quantitative estimate of drug-likeness (QED) is 0.173. The van der Waals surface area contributed by atoms with Gasteiger partial charge in [0.2, 0.25) is 0 Å². The minimum atomic E-state index is -0.472. The summed E-state index contributed by atoms with van der Waals surface area (Å²) in [6, 6.07) is 79.9. The van der Waals surface area contributed by atoms with Gasteiger partial charge in [0.1, 0.15) is 11.2 Å². The van der Waals surface area contributed by atoms with Crippen LogP contribution in [-0.4, -0.2) is 0 Å². The Hall–Kier alpha value is -8.60. The maximum absolute atomic E-state index is 7.11. The van der Waals surface area contributed by atoms with Crippen molar-refractivity contribution in [3.63, 3.8) is 0 Å². The molecular weight excluding hydrogens is 795 g/mol. The van der Waals surface area contributed by atoms with Gasteiger partial charge in [0.25, 0.3) is 0 Å². The first-order chi connectivity index (χ1) is 32.2. The van der Waals surface area contributed by atoms with Crippen molar-refractivity contribution in [2.45, 2.75) is 5.41 Å². The largest absolute Gasteiger partial charge is 0.456 e. The van der Waals surface area contributed by atoms with E-state index in [1.54, 1.807) is 0 Å². The van der Waals surface area contributed by atoms with Crippen molar-refractivity contribution >= 4 is 39.0 Å². The molecular formula is C61H37NO3. The van der Waals surface area contributed by atoms with Gasteiger partial charge in [-0.3, -0.25) is 0 Å². The highest BCUT2D eigenvalue weighted by molar-refractivity contribution is 6.06. The summed E-state index contributed by atoms with van der Waals surface area (Å²) in [6.07, 6.45) is 0. The Bertz CT molecular complexity index is 3690. The molecule has 1 aromatic heterocycles. The van der Waals surface area contributed by atoms with Crippen molar-refractivity contribution in [1.82, 2.24) is 0 Å². The Labute approximate surface area is 375 Å². The molecule has 2 aliphatic carbocycles. The Kier molecular flexibility index (Phi) is 7.57. The highest BCUT2D eigenvalue weighted by Gasteiger charge is 2.52. The zero-order valence-electron chi connectivity index (χ0n) is 35.0. The van der Waals surface area contributed by atoms with Crippen LogP contribution in [0, 0.1) is 0 Å². The number of para-hydroxylation sites is 4. The van der Waals surface area contributed by atoms with Gasteiger partial charge in [0, 0.05) is 33.3 Å². The molecule has 65 heavy (non-hydrogen) atoms. The number of furan rings is 1. The van der Waals surface area contributed by atoms with E-state index in [4.69, 9.17) is 13.9 Å². The fourth-order valence-corrected chi connectivity index (χ4v) is 11.0. The van der Waals surface area contributed by atoms with E-state index in [9.17, 15) is 0 Å². The first-order valence-corrected chi connectivity index (χ1v) is 22.2. The average Bonchev–Trinajstić information content (AvgIpc) is 3.99. The first-order valence-electron chi connectivity index (χ1n) is 22.2. The maximum Gasteiger partial charge on any atom is 0.178 e. The lowest BCUT2D eigenvalue weighted by atomic mass is 9.70. The van der Waals surface area contributed by atoms with Crippen LogP contribution in [0.1, 0.15) is 22.3 Å². The van der Waals surface area contributed by atoms with Crippen LogP contribution in [0.4, 0.5) is 17.1 Å². The smallest absolute Gasteiger partial charge is 0.178 e. The van der Waals surface area contributed by atoms with Crippen molar-refractivity contribution in [3.8, 4) is 67.5 Å². The third kappa shape index (κ3) is 5.13. The molecule has 0 radical (unpaired) electrons. The van der Waals surface area contributed by atoms with Crippen LogP contribution >= 0.6 is 0 Å². The molecule has 0 N–H and O–H groups in total. The van der Waals surface area contributed by atoms with E-state index in [0.717, 1.165) is 66.8 Å². The third-order valence-corrected chi connectivity index (χ3v) is 13.8. The predicted octanol–water partition coefficient (Wildman–Crippen LogP) is 16.6. The van der Waals surface area contributed by atoms with Gasteiger partial charge in [-0.15, -0.1) is 0 Å². The summed E-state index contributed by atoms with van der Waals surface area (Å²) in [4.78, 5) is 2.32. The van der Waals surface area contributed by atoms with Gasteiger partial charge in [-0.2, -0.15) is 0 Å². The molecule has 4 nitrogen and oxygen atoms in total. The van der Waals surface area contributed by atoms with Gasteiger partial charge in [0.05, 0.1) is 11.1 Å². The van der Waals surface area contributed by atoms with Gasteiger partial charge in [-0.05, 0) is 122 Å². The second-order valence-electron chi connectivity index (χ2n) is 17.1. The summed E-state index contributed by atoms with van der Waals surface area (Å²) >= 11 is 0. The molecule has 0 saturated carbocycles. The van der Waals surface area contributed by atoms with Gasteiger partial charge in [-0.25, -0.2) is 0 Å². The number of anilines is 3. The summed E-state index contributed by atoms with van der Waals surface area (Å²) in [7, 11) is 0. The highest BCUT2D eigenvalue weighted by Crippen LogP contribution is 2.65. The molecule has 0 fully saturated rings. The zero-order valence-corrected chi connectivity index (χ0v) is 35.0. The van der Waals surface area contributed by atoms with Gasteiger partial charge >= 0.3 is 0 Å². The highest BCUT2D eigenvalue weighted by atomic mass is 16.6. The van der Waals surface area contributed by atoms with E-state index >= 15 is 0 Å². The number of rotatable bonds is 5. The predicted molar refractivity (Wildman–Crippen MR) is 262 cm³/mol. The van der Waals surface area contributed by atoms with Gasteiger partial charge < -0.3 is 18.8 Å². The topological polar surface area (TPSA) is 34.8 Å². The van der Waals surface area contributed by atoms with Crippen molar-refractivity contribution in [2.24, 2.45) is 0 Å². The minimum Gasteiger partial charge on any atom is -0.456 e. The molecule has 11 aromatic rings. The monoisotopic (exact) mass is 831 g/mol. The molecule has 14 rings (SSSR count). The Balaban J connectivity index is 0.874. The van der Waals surface area contributed by atoms with Gasteiger partial charge in [-0.1, -0.05) is 158 Å². The van der Waals surface area contributed by atoms with Crippen LogP contribution in [0.2, 0.25) is 0 Å². The molecule has 304 valence electrons. The van der Waals surface area contributed by atoms with Crippen LogP contribution in [0.5, 0.6) is 23.0 Å². The standard InChI is InChI=1S/C61H37NO3/c1-2-15-40(16-3-1)62(41-32-29-38(30-33-41)39-31-34-56-49(35-39)46-21-8-13-27-55(46)63-56)54-26-12-7-20-45(54)47-22-14-28-57-60(47)65-58-36-48-44-19-6-11-25-52(44)61(53(48)37-59(58)64-57)50-23-9-4-17-42(50)43-18-5-10-24-51(43)61/h1-37H. The van der Waals surface area contributed by atoms with E-state index < -0.39 is 5.41 Å². The molecule has 10 aromatic carbocycles. The van der Waals surface area contributed by atoms with E-state index in [2.05, 4.69) is 211 Å². The molecule has 0 saturated heterocycles. The van der Waals surface area contributed by atoms with Gasteiger partial charge in [0.15, 0.2) is 23.0 Å². The van der Waals surface area contributed by atoms with Crippen molar-refractivity contribution in [1.29, 1.82) is 0 Å². The van der Waals surface area contributed by atoms with Crippen LogP contribution in [0.3, 0.4) is 0 Å². The molecule has 1 spiro atoms. The molecule has 4 heteroatoms. The number of benzene rings is 10. The van der Waals surface area contributed by atoms with Crippen LogP contribution in [0.15, 0.2) is 229 Å². The SMILES string of the molecule is c1ccc(N(c2ccc(-c3ccc4oc5ccccc5c4c3)cc2)c2ccccc2-c2cccc3c2Oc2cc4c(cc2O3)C2(c3ccccc3-c3ccccc32)c2ccccc2-4)cc1. The fraction of sp³-hybridized carbons (Fsp3) is 0.0164. The summed E-state index contributed by atoms with van der Waals surface area (Å²) in [5, 5.41) is 2.24. The second-order valence-corrected chi connectivity index (χ2v) is 17.1. The normalized spacial score (nSPS) is 13.3. The maximum atomic E-state index is 7.11. The molecule has 0 atom stereocenters. The summed E-state index contributed by atoms with van der Waals surface area (Å²) in [5.41, 5.74) is 18.7. The molecule has 0 bridgehead atoms. The Morgan fingerprint density at radius 3 is 1.65 bits per heavy atom. The Morgan fingerprint density at radius 1 is 0.323 bits per heavy atom. The van der Waals surface area contributed by atoms with E-state index in [1.807, 2.05) is 18.2 Å². The third-order valence-electron chi connectivity index (χ3n) is 13.8. The van der Waals surface area contributed by atoms with Crippen LogP contribution < -0.4 is 14.4 Å². The number of hydrogen-bond acceptors (Lipinski definition) is 4. The average molecular weight is 832 g/mol. The van der Waals surface area contributed by atoms with Crippen molar-refractivity contribution in [2.75, 3.05) is 4.90 Å². The van der Waals surface area contributed by atoms with E-state index in [0.29, 0.717) is 23.0 Å². The van der Waals surface area contributed by atoms with Crippen LogP contribution in [0.25, 0.3) is 66.4 Å². The number of fused-ring (bicyclic) bond motifs is 15. The molecule has 2 heterocycles. The lowest BCUT2D eigenvalue weighted by Crippen LogP contribution is -2.25.